The third kappa shape index (κ3) is 5.11. The number of hydrogen-bond acceptors (Lipinski definition) is 7. The van der Waals surface area contributed by atoms with Crippen LogP contribution in [0.3, 0.4) is 0 Å². The molecule has 0 saturated carbocycles. The maximum absolute atomic E-state index is 13.5. The third-order valence-electron chi connectivity index (χ3n) is 6.31. The average Bonchev–Trinajstić information content (AvgIpc) is 3.51. The smallest absolute Gasteiger partial charge is 0.410 e. The van der Waals surface area contributed by atoms with Crippen LogP contribution in [0.25, 0.3) is 0 Å². The van der Waals surface area contributed by atoms with Gasteiger partial charge in [-0.05, 0) is 56.0 Å². The average molecular weight is 535 g/mol. The summed E-state index contributed by atoms with van der Waals surface area (Å²) in [6.07, 6.45) is 1.98. The number of anilines is 1. The van der Waals surface area contributed by atoms with E-state index in [1.807, 2.05) is 0 Å². The summed E-state index contributed by atoms with van der Waals surface area (Å²) in [7, 11) is -0.731. The summed E-state index contributed by atoms with van der Waals surface area (Å²) in [6.45, 7) is 4.12. The molecular formula is C24H30N4O6S2. The second kappa shape index (κ2) is 10.6. The summed E-state index contributed by atoms with van der Waals surface area (Å²) >= 11 is 1.29. The van der Waals surface area contributed by atoms with Gasteiger partial charge in [0.15, 0.2) is 0 Å². The second-order valence-corrected chi connectivity index (χ2v) is 12.1. The molecular weight excluding hydrogens is 504 g/mol. The molecule has 1 N–H and O–H groups in total. The Bertz CT molecular complexity index is 1260. The molecule has 12 heteroatoms. The molecule has 0 unspecified atom stereocenters. The summed E-state index contributed by atoms with van der Waals surface area (Å²) in [5, 5.41) is 3.32. The van der Waals surface area contributed by atoms with E-state index in [9.17, 15) is 22.8 Å². The largest absolute Gasteiger partial charge is 0.450 e. The SMILES string of the molecule is CCOC(=O)N1CCc2c(sc(NC(=O)c3ccc(S(=O)(=O)N(C)C)cc3)c2C(=O)N2CCCC2)C1. The normalized spacial score (nSPS) is 15.7. The van der Waals surface area contributed by atoms with Gasteiger partial charge in [-0.1, -0.05) is 0 Å². The van der Waals surface area contributed by atoms with Gasteiger partial charge in [-0.2, -0.15) is 0 Å². The van der Waals surface area contributed by atoms with Gasteiger partial charge in [-0.25, -0.2) is 17.5 Å². The quantitative estimate of drug-likeness (QED) is 0.609. The molecule has 10 nitrogen and oxygen atoms in total. The van der Waals surface area contributed by atoms with Crippen LogP contribution in [0.2, 0.25) is 0 Å². The maximum atomic E-state index is 13.5. The molecule has 3 amide bonds. The zero-order valence-corrected chi connectivity index (χ0v) is 22.2. The first-order valence-corrected chi connectivity index (χ1v) is 14.1. The Morgan fingerprint density at radius 3 is 2.33 bits per heavy atom. The molecule has 4 rings (SSSR count). The van der Waals surface area contributed by atoms with E-state index in [1.54, 1.807) is 16.7 Å². The van der Waals surface area contributed by atoms with Gasteiger partial charge < -0.3 is 19.9 Å². The standard InChI is InChI=1S/C24H30N4O6S2/c1-4-34-24(31)28-14-11-18-19(15-28)35-22(20(18)23(30)27-12-5-6-13-27)25-21(29)16-7-9-17(10-8-16)36(32,33)26(2)3/h7-10H,4-6,11-15H2,1-3H3,(H,25,29). The van der Waals surface area contributed by atoms with Crippen LogP contribution in [-0.2, 0) is 27.7 Å². The van der Waals surface area contributed by atoms with Crippen molar-refractivity contribution >= 4 is 44.3 Å². The molecule has 2 aromatic rings. The minimum atomic E-state index is -3.61. The van der Waals surface area contributed by atoms with E-state index in [0.29, 0.717) is 43.2 Å². The summed E-state index contributed by atoms with van der Waals surface area (Å²) in [4.78, 5) is 43.2. The first kappa shape index (κ1) is 26.1. The monoisotopic (exact) mass is 534 g/mol. The molecule has 0 bridgehead atoms. The molecule has 194 valence electrons. The number of carbonyl (C=O) groups is 3. The van der Waals surface area contributed by atoms with Crippen LogP contribution in [0, 0.1) is 0 Å². The Kier molecular flexibility index (Phi) is 7.67. The molecule has 1 fully saturated rings. The number of nitrogens with zero attached hydrogens (tertiary/aromatic N) is 3. The van der Waals surface area contributed by atoms with E-state index in [-0.39, 0.29) is 23.0 Å². The highest BCUT2D eigenvalue weighted by Crippen LogP contribution is 2.39. The number of rotatable bonds is 6. The van der Waals surface area contributed by atoms with E-state index in [1.165, 1.54) is 49.7 Å². The van der Waals surface area contributed by atoms with E-state index < -0.39 is 22.0 Å². The number of sulfonamides is 1. The van der Waals surface area contributed by atoms with Crippen molar-refractivity contribution in [1.29, 1.82) is 0 Å². The lowest BCUT2D eigenvalue weighted by Gasteiger charge is -2.26. The fourth-order valence-electron chi connectivity index (χ4n) is 4.33. The molecule has 36 heavy (non-hydrogen) atoms. The minimum Gasteiger partial charge on any atom is -0.450 e. The van der Waals surface area contributed by atoms with Gasteiger partial charge in [0.2, 0.25) is 10.0 Å². The van der Waals surface area contributed by atoms with Crippen molar-refractivity contribution < 1.29 is 27.5 Å². The van der Waals surface area contributed by atoms with Gasteiger partial charge in [-0.3, -0.25) is 9.59 Å². The van der Waals surface area contributed by atoms with Crippen LogP contribution in [0.4, 0.5) is 9.80 Å². The number of nitrogens with one attached hydrogen (secondary N) is 1. The van der Waals surface area contributed by atoms with E-state index in [0.717, 1.165) is 27.6 Å². The van der Waals surface area contributed by atoms with Crippen LogP contribution < -0.4 is 5.32 Å². The Hall–Kier alpha value is -2.96. The Labute approximate surface area is 214 Å². The first-order chi connectivity index (χ1) is 17.1. The summed E-state index contributed by atoms with van der Waals surface area (Å²) in [5.41, 5.74) is 1.62. The predicted octanol–water partition coefficient (Wildman–Crippen LogP) is 3.00. The molecule has 1 aromatic carbocycles. The number of thiophene rings is 1. The predicted molar refractivity (Wildman–Crippen MR) is 136 cm³/mol. The molecule has 2 aliphatic rings. The van der Waals surface area contributed by atoms with Crippen molar-refractivity contribution in [3.05, 3.63) is 45.8 Å². The Balaban J connectivity index is 1.62. The summed E-state index contributed by atoms with van der Waals surface area (Å²) in [6, 6.07) is 5.67. The zero-order chi connectivity index (χ0) is 26.0. The number of carbonyl (C=O) groups excluding carboxylic acids is 3. The van der Waals surface area contributed by atoms with Gasteiger partial charge in [0.1, 0.15) is 5.00 Å². The van der Waals surface area contributed by atoms with Crippen LogP contribution >= 0.6 is 11.3 Å². The lowest BCUT2D eigenvalue weighted by molar-refractivity contribution is 0.0792. The Morgan fingerprint density at radius 1 is 1.06 bits per heavy atom. The van der Waals surface area contributed by atoms with E-state index in [2.05, 4.69) is 5.32 Å². The molecule has 3 heterocycles. The highest BCUT2D eigenvalue weighted by atomic mass is 32.2. The van der Waals surface area contributed by atoms with Crippen LogP contribution in [-0.4, -0.2) is 80.8 Å². The van der Waals surface area contributed by atoms with Crippen molar-refractivity contribution in [3.8, 4) is 0 Å². The van der Waals surface area contributed by atoms with Gasteiger partial charge in [-0.15, -0.1) is 11.3 Å². The third-order valence-corrected chi connectivity index (χ3v) is 9.27. The van der Waals surface area contributed by atoms with Crippen LogP contribution in [0.15, 0.2) is 29.2 Å². The molecule has 0 atom stereocenters. The number of fused-ring (bicyclic) bond motifs is 1. The molecule has 0 radical (unpaired) electrons. The number of hydrogen-bond donors (Lipinski definition) is 1. The van der Waals surface area contributed by atoms with Crippen molar-refractivity contribution in [2.75, 3.05) is 45.7 Å². The van der Waals surface area contributed by atoms with Crippen molar-refractivity contribution in [1.82, 2.24) is 14.1 Å². The highest BCUT2D eigenvalue weighted by Gasteiger charge is 2.33. The van der Waals surface area contributed by atoms with Crippen molar-refractivity contribution in [3.63, 3.8) is 0 Å². The Morgan fingerprint density at radius 2 is 1.72 bits per heavy atom. The molecule has 0 aliphatic carbocycles. The maximum Gasteiger partial charge on any atom is 0.410 e. The number of amides is 3. The zero-order valence-electron chi connectivity index (χ0n) is 20.6. The van der Waals surface area contributed by atoms with E-state index >= 15 is 0 Å². The molecule has 2 aliphatic heterocycles. The number of likely N-dealkylation sites (tertiary alicyclic amines) is 1. The van der Waals surface area contributed by atoms with Gasteiger partial charge in [0, 0.05) is 44.2 Å². The van der Waals surface area contributed by atoms with Crippen molar-refractivity contribution in [2.45, 2.75) is 37.6 Å². The lowest BCUT2D eigenvalue weighted by atomic mass is 10.0. The lowest BCUT2D eigenvalue weighted by Crippen LogP contribution is -2.36. The van der Waals surface area contributed by atoms with E-state index in [4.69, 9.17) is 4.74 Å². The fourth-order valence-corrected chi connectivity index (χ4v) is 6.48. The number of ether oxygens (including phenoxy) is 1. The van der Waals surface area contributed by atoms with Gasteiger partial charge in [0.05, 0.1) is 23.6 Å². The molecule has 1 saturated heterocycles. The highest BCUT2D eigenvalue weighted by molar-refractivity contribution is 7.89. The molecule has 0 spiro atoms. The molecule has 1 aromatic heterocycles. The van der Waals surface area contributed by atoms with Crippen LogP contribution in [0.1, 0.15) is 50.9 Å². The van der Waals surface area contributed by atoms with Gasteiger partial charge >= 0.3 is 6.09 Å². The topological polar surface area (TPSA) is 116 Å². The minimum absolute atomic E-state index is 0.0830. The van der Waals surface area contributed by atoms with Crippen LogP contribution in [0.5, 0.6) is 0 Å². The van der Waals surface area contributed by atoms with Gasteiger partial charge in [0.25, 0.3) is 11.8 Å². The number of benzene rings is 1. The first-order valence-electron chi connectivity index (χ1n) is 11.8. The fraction of sp³-hybridized carbons (Fsp3) is 0.458. The second-order valence-electron chi connectivity index (χ2n) is 8.84. The van der Waals surface area contributed by atoms with Crippen molar-refractivity contribution in [2.24, 2.45) is 0 Å². The summed E-state index contributed by atoms with van der Waals surface area (Å²) in [5.74, 6) is -0.558. The summed E-state index contributed by atoms with van der Waals surface area (Å²) < 4.78 is 30.9.